The molecular weight excluding hydrogens is 304 g/mol. The lowest BCUT2D eigenvalue weighted by atomic mass is 10.2. The fourth-order valence-corrected chi connectivity index (χ4v) is 5.32. The summed E-state index contributed by atoms with van der Waals surface area (Å²) in [7, 11) is -3.52. The number of hydrogen-bond acceptors (Lipinski definition) is 4. The van der Waals surface area contributed by atoms with Crippen LogP contribution in [0.2, 0.25) is 0 Å². The second-order valence-electron chi connectivity index (χ2n) is 5.45. The summed E-state index contributed by atoms with van der Waals surface area (Å²) < 4.78 is 27.2. The largest absolute Gasteiger partial charge is 0.320 e. The lowest BCUT2D eigenvalue weighted by Crippen LogP contribution is -2.46. The summed E-state index contributed by atoms with van der Waals surface area (Å²) >= 11 is 1.80. The highest BCUT2D eigenvalue weighted by atomic mass is 32.2. The smallest absolute Gasteiger partial charge is 0.244 e. The molecule has 1 aliphatic rings. The van der Waals surface area contributed by atoms with Gasteiger partial charge in [0.2, 0.25) is 10.0 Å². The Morgan fingerprint density at radius 1 is 1.38 bits per heavy atom. The molecule has 0 unspecified atom stereocenters. The van der Waals surface area contributed by atoms with E-state index in [1.807, 2.05) is 0 Å². The Morgan fingerprint density at radius 3 is 2.76 bits per heavy atom. The Balaban J connectivity index is 2.40. The molecule has 0 aromatic heterocycles. The van der Waals surface area contributed by atoms with Gasteiger partial charge in [-0.05, 0) is 26.0 Å². The highest BCUT2D eigenvalue weighted by Gasteiger charge is 2.35. The van der Waals surface area contributed by atoms with Crippen LogP contribution in [0.25, 0.3) is 0 Å². The van der Waals surface area contributed by atoms with Crippen LogP contribution in [0.3, 0.4) is 0 Å². The molecule has 1 heterocycles. The lowest BCUT2D eigenvalue weighted by molar-refractivity contribution is 0.387. The van der Waals surface area contributed by atoms with Gasteiger partial charge < -0.3 is 5.73 Å². The topological polar surface area (TPSA) is 63.4 Å². The van der Waals surface area contributed by atoms with Crippen molar-refractivity contribution in [3.8, 4) is 11.8 Å². The lowest BCUT2D eigenvalue weighted by Gasteiger charge is -2.36. The van der Waals surface area contributed by atoms with E-state index in [9.17, 15) is 8.42 Å². The van der Waals surface area contributed by atoms with Crippen LogP contribution in [0.4, 0.5) is 0 Å². The van der Waals surface area contributed by atoms with Crippen LogP contribution < -0.4 is 5.73 Å². The number of benzene rings is 1. The average molecular weight is 324 g/mol. The molecule has 0 bridgehead atoms. The molecule has 0 aliphatic carbocycles. The first-order valence-corrected chi connectivity index (χ1v) is 9.21. The van der Waals surface area contributed by atoms with Gasteiger partial charge in [0.15, 0.2) is 0 Å². The molecule has 0 radical (unpaired) electrons. The van der Waals surface area contributed by atoms with Crippen molar-refractivity contribution in [2.45, 2.75) is 23.5 Å². The zero-order chi connectivity index (χ0) is 15.5. The van der Waals surface area contributed by atoms with Crippen LogP contribution >= 0.6 is 11.8 Å². The molecule has 1 aliphatic heterocycles. The van der Waals surface area contributed by atoms with E-state index < -0.39 is 10.0 Å². The number of nitrogens with two attached hydrogens (primary N) is 1. The standard InChI is InChI=1S/C15H20N2O2S2/c1-15(2)12-17(10-11-20-15)21(18,19)14-8-4-3-6-13(14)7-5-9-16/h3-4,6,8H,9-12,16H2,1-2H3. The normalized spacial score (nSPS) is 18.8. The van der Waals surface area contributed by atoms with Crippen molar-refractivity contribution in [3.63, 3.8) is 0 Å². The first kappa shape index (κ1) is 16.4. The second-order valence-corrected chi connectivity index (χ2v) is 9.16. The highest BCUT2D eigenvalue weighted by Crippen LogP contribution is 2.32. The fraction of sp³-hybridized carbons (Fsp3) is 0.467. The number of sulfonamides is 1. The van der Waals surface area contributed by atoms with E-state index >= 15 is 0 Å². The Morgan fingerprint density at radius 2 is 2.10 bits per heavy atom. The molecule has 0 saturated carbocycles. The molecule has 1 aromatic carbocycles. The fourth-order valence-electron chi connectivity index (χ4n) is 2.26. The van der Waals surface area contributed by atoms with E-state index in [1.165, 1.54) is 0 Å². The van der Waals surface area contributed by atoms with E-state index in [1.54, 1.807) is 40.3 Å². The number of hydrogen-bond donors (Lipinski definition) is 1. The van der Waals surface area contributed by atoms with Gasteiger partial charge >= 0.3 is 0 Å². The molecule has 0 amide bonds. The molecule has 21 heavy (non-hydrogen) atoms. The Kier molecular flexibility index (Phi) is 4.99. The zero-order valence-electron chi connectivity index (χ0n) is 12.3. The maximum Gasteiger partial charge on any atom is 0.244 e. The van der Waals surface area contributed by atoms with Crippen molar-refractivity contribution in [2.75, 3.05) is 25.4 Å². The van der Waals surface area contributed by atoms with Gasteiger partial charge in [0.1, 0.15) is 0 Å². The Labute approximate surface area is 131 Å². The molecule has 1 saturated heterocycles. The van der Waals surface area contributed by atoms with Gasteiger partial charge in [-0.3, -0.25) is 0 Å². The van der Waals surface area contributed by atoms with Crippen molar-refractivity contribution >= 4 is 21.8 Å². The van der Waals surface area contributed by atoms with E-state index in [-0.39, 0.29) is 16.2 Å². The van der Waals surface area contributed by atoms with E-state index in [4.69, 9.17) is 5.73 Å². The zero-order valence-corrected chi connectivity index (χ0v) is 13.9. The first-order chi connectivity index (χ1) is 9.87. The molecule has 2 rings (SSSR count). The summed E-state index contributed by atoms with van der Waals surface area (Å²) in [5.74, 6) is 6.39. The van der Waals surface area contributed by atoms with E-state index in [2.05, 4.69) is 25.7 Å². The van der Waals surface area contributed by atoms with E-state index in [0.717, 1.165) is 5.75 Å². The van der Waals surface area contributed by atoms with E-state index in [0.29, 0.717) is 18.7 Å². The van der Waals surface area contributed by atoms with Crippen LogP contribution in [0.1, 0.15) is 19.4 Å². The van der Waals surface area contributed by atoms with Crippen molar-refractivity contribution in [3.05, 3.63) is 29.8 Å². The van der Waals surface area contributed by atoms with Crippen LogP contribution in [-0.2, 0) is 10.0 Å². The van der Waals surface area contributed by atoms with Crippen LogP contribution in [0.5, 0.6) is 0 Å². The first-order valence-electron chi connectivity index (χ1n) is 6.79. The van der Waals surface area contributed by atoms with Gasteiger partial charge in [-0.1, -0.05) is 24.0 Å². The van der Waals surface area contributed by atoms with Crippen molar-refractivity contribution in [1.82, 2.24) is 4.31 Å². The minimum Gasteiger partial charge on any atom is -0.320 e. The number of rotatable bonds is 2. The van der Waals surface area contributed by atoms with Gasteiger partial charge in [0.25, 0.3) is 0 Å². The maximum absolute atomic E-state index is 12.9. The Hall–Kier alpha value is -1.00. The van der Waals surface area contributed by atoms with Crippen molar-refractivity contribution < 1.29 is 8.42 Å². The van der Waals surface area contributed by atoms with Gasteiger partial charge in [0, 0.05) is 29.2 Å². The second kappa shape index (κ2) is 6.41. The number of nitrogens with zero attached hydrogens (tertiary/aromatic N) is 1. The van der Waals surface area contributed by atoms with Crippen molar-refractivity contribution in [1.29, 1.82) is 0 Å². The van der Waals surface area contributed by atoms with Crippen LogP contribution in [0.15, 0.2) is 29.2 Å². The summed E-state index contributed by atoms with van der Waals surface area (Å²) in [5.41, 5.74) is 5.89. The maximum atomic E-state index is 12.9. The third kappa shape index (κ3) is 3.80. The number of thioether (sulfide) groups is 1. The van der Waals surface area contributed by atoms with Crippen molar-refractivity contribution in [2.24, 2.45) is 5.73 Å². The highest BCUT2D eigenvalue weighted by molar-refractivity contribution is 8.00. The molecule has 6 heteroatoms. The van der Waals surface area contributed by atoms with Gasteiger partial charge in [-0.25, -0.2) is 8.42 Å². The summed E-state index contributed by atoms with van der Waals surface area (Å²) in [4.78, 5) is 0.272. The molecule has 0 spiro atoms. The predicted octanol–water partition coefficient (Wildman–Crippen LogP) is 1.51. The summed E-state index contributed by atoms with van der Waals surface area (Å²) in [6.07, 6.45) is 0. The third-order valence-electron chi connectivity index (χ3n) is 3.22. The molecule has 4 nitrogen and oxygen atoms in total. The molecular formula is C15H20N2O2S2. The summed E-state index contributed by atoms with van der Waals surface area (Å²) in [6.45, 7) is 5.40. The summed E-state index contributed by atoms with van der Waals surface area (Å²) in [6, 6.07) is 6.85. The minimum absolute atomic E-state index is 0.0663. The summed E-state index contributed by atoms with van der Waals surface area (Å²) in [5, 5.41) is 0. The Bertz CT molecular complexity index is 672. The molecule has 114 valence electrons. The SMILES string of the molecule is CC1(C)CN(S(=O)(=O)c2ccccc2C#CCN)CCS1. The monoisotopic (exact) mass is 324 g/mol. The molecule has 0 atom stereocenters. The minimum atomic E-state index is -3.52. The van der Waals surface area contributed by atoms with Crippen LogP contribution in [-0.4, -0.2) is 42.9 Å². The van der Waals surface area contributed by atoms with Gasteiger partial charge in [-0.15, -0.1) is 0 Å². The molecule has 1 aromatic rings. The predicted molar refractivity (Wildman–Crippen MR) is 87.7 cm³/mol. The van der Waals surface area contributed by atoms with Crippen LogP contribution in [0, 0.1) is 11.8 Å². The van der Waals surface area contributed by atoms with Gasteiger partial charge in [-0.2, -0.15) is 16.1 Å². The van der Waals surface area contributed by atoms with Gasteiger partial charge in [0.05, 0.1) is 11.4 Å². The average Bonchev–Trinajstić information content (AvgIpc) is 2.44. The quantitative estimate of drug-likeness (QED) is 0.838. The third-order valence-corrected chi connectivity index (χ3v) is 6.42. The molecule has 1 fully saturated rings. The molecule has 2 N–H and O–H groups in total.